The lowest BCUT2D eigenvalue weighted by Crippen LogP contribution is -2.31. The van der Waals surface area contributed by atoms with E-state index in [0.29, 0.717) is 31.9 Å². The molecular formula is C32H21BrCl2FN3O4S. The van der Waals surface area contributed by atoms with Gasteiger partial charge in [-0.25, -0.2) is 9.29 Å². The molecule has 0 bridgehead atoms. The molecule has 5 rings (SSSR count). The Balaban J connectivity index is 1.34. The number of amides is 4. The van der Waals surface area contributed by atoms with Gasteiger partial charge in [0, 0.05) is 31.5 Å². The highest BCUT2D eigenvalue weighted by Gasteiger charge is 2.40. The Kier molecular flexibility index (Phi) is 9.85. The highest BCUT2D eigenvalue weighted by molar-refractivity contribution is 9.10. The largest absolute Gasteiger partial charge is 0.321 e. The molecule has 0 aliphatic carbocycles. The van der Waals surface area contributed by atoms with E-state index in [4.69, 9.17) is 23.2 Å². The van der Waals surface area contributed by atoms with Crippen molar-refractivity contribution in [2.75, 3.05) is 10.2 Å². The Labute approximate surface area is 274 Å². The number of nitrogens with one attached hydrogen (secondary N) is 2. The molecule has 4 amide bonds. The second kappa shape index (κ2) is 13.8. The minimum absolute atomic E-state index is 0.0353. The summed E-state index contributed by atoms with van der Waals surface area (Å²) in [4.78, 5) is 53.9. The number of imide groups is 1. The Bertz CT molecular complexity index is 1800. The zero-order chi connectivity index (χ0) is 31.4. The van der Waals surface area contributed by atoms with E-state index in [1.807, 2.05) is 0 Å². The van der Waals surface area contributed by atoms with E-state index < -0.39 is 28.8 Å². The van der Waals surface area contributed by atoms with Crippen LogP contribution in [0.4, 0.5) is 15.8 Å². The number of nitrogens with zero attached hydrogens (tertiary/aromatic N) is 1. The standard InChI is InChI=1S/C32H21BrCl2FN3O4S/c33-19-10-8-18(9-11-19)12-27(38-30(41)25-6-1-2-7-26(25)36)31(42)37-22-4-3-5-24(16-22)44-28-17-29(40)39(32(28)43)23-14-20(34)13-21(35)15-23/h1-16,28H,17H2,(H,37,42)(H,38,41)/b27-12+/t28-/m0/s1. The van der Waals surface area contributed by atoms with Crippen molar-refractivity contribution in [3.63, 3.8) is 0 Å². The molecule has 1 aliphatic rings. The molecule has 0 aromatic heterocycles. The van der Waals surface area contributed by atoms with Crippen LogP contribution in [0, 0.1) is 5.82 Å². The van der Waals surface area contributed by atoms with E-state index in [2.05, 4.69) is 26.6 Å². The van der Waals surface area contributed by atoms with Crippen LogP contribution >= 0.6 is 50.9 Å². The molecule has 1 fully saturated rings. The van der Waals surface area contributed by atoms with Crippen molar-refractivity contribution < 1.29 is 23.6 Å². The van der Waals surface area contributed by atoms with E-state index in [9.17, 15) is 23.6 Å². The monoisotopic (exact) mass is 711 g/mol. The van der Waals surface area contributed by atoms with E-state index in [1.54, 1.807) is 48.5 Å². The van der Waals surface area contributed by atoms with Crippen molar-refractivity contribution in [2.24, 2.45) is 0 Å². The average Bonchev–Trinajstić information content (AvgIpc) is 3.25. The third-order valence-electron chi connectivity index (χ3n) is 6.37. The summed E-state index contributed by atoms with van der Waals surface area (Å²) in [5.74, 6) is -2.97. The molecule has 222 valence electrons. The third-order valence-corrected chi connectivity index (χ3v) is 8.52. The highest BCUT2D eigenvalue weighted by atomic mass is 79.9. The molecule has 1 heterocycles. The lowest BCUT2D eigenvalue weighted by molar-refractivity contribution is -0.121. The Morgan fingerprint density at radius 2 is 1.64 bits per heavy atom. The molecule has 4 aromatic rings. The van der Waals surface area contributed by atoms with E-state index in [-0.39, 0.29) is 23.6 Å². The summed E-state index contributed by atoms with van der Waals surface area (Å²) in [6.45, 7) is 0. The van der Waals surface area contributed by atoms with Crippen LogP contribution in [0.3, 0.4) is 0 Å². The quantitative estimate of drug-likeness (QED) is 0.144. The van der Waals surface area contributed by atoms with Crippen molar-refractivity contribution in [2.45, 2.75) is 16.6 Å². The molecule has 44 heavy (non-hydrogen) atoms. The summed E-state index contributed by atoms with van der Waals surface area (Å²) >= 11 is 16.7. The summed E-state index contributed by atoms with van der Waals surface area (Å²) in [6, 6.07) is 23.7. The SMILES string of the molecule is O=C(Nc1cccc(S[C@H]2CC(=O)N(c3cc(Cl)cc(Cl)c3)C2=O)c1)/C(=C\c1ccc(Br)cc1)NC(=O)c1ccccc1F. The number of hydrogen-bond acceptors (Lipinski definition) is 5. The van der Waals surface area contributed by atoms with Gasteiger partial charge in [0.05, 0.1) is 16.5 Å². The predicted molar refractivity (Wildman–Crippen MR) is 174 cm³/mol. The molecule has 7 nitrogen and oxygen atoms in total. The van der Waals surface area contributed by atoms with Gasteiger partial charge in [0.25, 0.3) is 11.8 Å². The minimum atomic E-state index is -0.791. The third kappa shape index (κ3) is 7.57. The van der Waals surface area contributed by atoms with Crippen LogP contribution in [0.5, 0.6) is 0 Å². The van der Waals surface area contributed by atoms with Crippen LogP contribution in [-0.4, -0.2) is 28.9 Å². The Morgan fingerprint density at radius 1 is 0.932 bits per heavy atom. The first-order valence-corrected chi connectivity index (χ1v) is 15.4. The molecule has 0 unspecified atom stereocenters. The van der Waals surface area contributed by atoms with Crippen molar-refractivity contribution in [1.82, 2.24) is 5.32 Å². The number of thioether (sulfide) groups is 1. The molecule has 4 aromatic carbocycles. The second-order valence-corrected chi connectivity index (χ2v) is 12.6. The van der Waals surface area contributed by atoms with Gasteiger partial charge in [0.15, 0.2) is 0 Å². The van der Waals surface area contributed by atoms with Gasteiger partial charge in [-0.1, -0.05) is 69.5 Å². The van der Waals surface area contributed by atoms with Crippen LogP contribution in [0.2, 0.25) is 10.0 Å². The maximum absolute atomic E-state index is 14.3. The molecule has 0 spiro atoms. The van der Waals surface area contributed by atoms with E-state index >= 15 is 0 Å². The first-order valence-electron chi connectivity index (χ1n) is 13.0. The van der Waals surface area contributed by atoms with E-state index in [0.717, 1.165) is 15.4 Å². The van der Waals surface area contributed by atoms with Crippen LogP contribution in [0.25, 0.3) is 6.08 Å². The van der Waals surface area contributed by atoms with Crippen LogP contribution in [0.1, 0.15) is 22.3 Å². The van der Waals surface area contributed by atoms with Crippen molar-refractivity contribution in [3.8, 4) is 0 Å². The molecule has 1 saturated heterocycles. The molecule has 1 atom stereocenters. The van der Waals surface area contributed by atoms with Crippen LogP contribution < -0.4 is 15.5 Å². The number of benzene rings is 4. The topological polar surface area (TPSA) is 95.6 Å². The van der Waals surface area contributed by atoms with Crippen molar-refractivity contribution >= 4 is 92.0 Å². The van der Waals surface area contributed by atoms with Gasteiger partial charge < -0.3 is 10.6 Å². The van der Waals surface area contributed by atoms with Gasteiger partial charge in [-0.15, -0.1) is 11.8 Å². The van der Waals surface area contributed by atoms with Crippen molar-refractivity contribution in [1.29, 1.82) is 0 Å². The smallest absolute Gasteiger partial charge is 0.272 e. The zero-order valence-electron chi connectivity index (χ0n) is 22.5. The van der Waals surface area contributed by atoms with Gasteiger partial charge in [-0.3, -0.25) is 19.2 Å². The molecule has 0 radical (unpaired) electrons. The van der Waals surface area contributed by atoms with Gasteiger partial charge >= 0.3 is 0 Å². The summed E-state index contributed by atoms with van der Waals surface area (Å²) in [7, 11) is 0. The molecule has 0 saturated carbocycles. The number of carbonyl (C=O) groups is 4. The second-order valence-electron chi connectivity index (χ2n) is 9.53. The van der Waals surface area contributed by atoms with Gasteiger partial charge in [-0.2, -0.15) is 0 Å². The minimum Gasteiger partial charge on any atom is -0.321 e. The average molecular weight is 713 g/mol. The van der Waals surface area contributed by atoms with Gasteiger partial charge in [0.2, 0.25) is 11.8 Å². The van der Waals surface area contributed by atoms with Gasteiger partial charge in [-0.05, 0) is 72.3 Å². The maximum atomic E-state index is 14.3. The summed E-state index contributed by atoms with van der Waals surface area (Å²) in [5.41, 5.74) is 0.948. The first-order chi connectivity index (χ1) is 21.1. The fourth-order valence-corrected chi connectivity index (χ4v) is 6.26. The summed E-state index contributed by atoms with van der Waals surface area (Å²) < 4.78 is 15.1. The number of hydrogen-bond donors (Lipinski definition) is 2. The van der Waals surface area contributed by atoms with Gasteiger partial charge in [0.1, 0.15) is 11.5 Å². The fraction of sp³-hybridized carbons (Fsp3) is 0.0625. The molecule has 12 heteroatoms. The number of halogens is 4. The normalized spacial score (nSPS) is 15.0. The molecular weight excluding hydrogens is 692 g/mol. The predicted octanol–water partition coefficient (Wildman–Crippen LogP) is 7.73. The lowest BCUT2D eigenvalue weighted by atomic mass is 10.1. The van der Waals surface area contributed by atoms with Crippen LogP contribution in [0.15, 0.2) is 106 Å². The fourth-order valence-electron chi connectivity index (χ4n) is 4.36. The van der Waals surface area contributed by atoms with Crippen molar-refractivity contribution in [3.05, 3.63) is 128 Å². The number of anilines is 2. The summed E-state index contributed by atoms with van der Waals surface area (Å²) in [6.07, 6.45) is 1.44. The first kappa shape index (κ1) is 31.5. The Hall–Kier alpha value is -3.96. The number of rotatable bonds is 8. The maximum Gasteiger partial charge on any atom is 0.272 e. The summed E-state index contributed by atoms with van der Waals surface area (Å²) in [5, 5.41) is 5.15. The molecule has 2 N–H and O–H groups in total. The molecule has 1 aliphatic heterocycles. The Morgan fingerprint density at radius 3 is 2.34 bits per heavy atom. The van der Waals surface area contributed by atoms with Crippen LogP contribution in [-0.2, 0) is 14.4 Å². The lowest BCUT2D eigenvalue weighted by Gasteiger charge is -2.16. The number of carbonyl (C=O) groups excluding carboxylic acids is 4. The zero-order valence-corrected chi connectivity index (χ0v) is 26.4. The highest BCUT2D eigenvalue weighted by Crippen LogP contribution is 2.36. The van der Waals surface area contributed by atoms with E-state index in [1.165, 1.54) is 54.2 Å².